The Labute approximate surface area is 433 Å². The van der Waals surface area contributed by atoms with Crippen LogP contribution in [0, 0.1) is 40.9 Å². The van der Waals surface area contributed by atoms with Crippen LogP contribution in [-0.4, -0.2) is 156 Å². The van der Waals surface area contributed by atoms with Gasteiger partial charge in [0, 0.05) is 58.5 Å². The first kappa shape index (κ1) is 61.6. The van der Waals surface area contributed by atoms with Crippen LogP contribution in [0.2, 0.25) is 0 Å². The van der Waals surface area contributed by atoms with E-state index in [9.17, 15) is 49.2 Å². The Hall–Kier alpha value is -3.94. The van der Waals surface area contributed by atoms with E-state index in [1.807, 2.05) is 51.2 Å². The van der Waals surface area contributed by atoms with Gasteiger partial charge in [-0.2, -0.15) is 0 Å². The number of ketones is 3. The van der Waals surface area contributed by atoms with E-state index >= 15 is 0 Å². The quantitative estimate of drug-likeness (QED) is 0.116. The van der Waals surface area contributed by atoms with Crippen molar-refractivity contribution in [1.29, 1.82) is 0 Å². The highest BCUT2D eigenvalue weighted by atomic mass is 16.6. The monoisotopic (exact) mass is 1030 g/mol. The first-order chi connectivity index (χ1) is 34.5. The average Bonchev–Trinajstić information content (AvgIpc) is 3.37. The highest BCUT2D eigenvalue weighted by Crippen LogP contribution is 2.38. The molecule has 3 fully saturated rings. The molecule has 0 radical (unpaired) electrons. The number of hydrogen-bond donors (Lipinski definition) is 4. The van der Waals surface area contributed by atoms with E-state index in [4.69, 9.17) is 28.4 Å². The number of amides is 1. The van der Waals surface area contributed by atoms with E-state index in [2.05, 4.69) is 0 Å². The Morgan fingerprint density at radius 3 is 2.21 bits per heavy atom. The van der Waals surface area contributed by atoms with Crippen LogP contribution in [0.4, 0.5) is 0 Å². The summed E-state index contributed by atoms with van der Waals surface area (Å²) in [6.07, 6.45) is 9.76. The van der Waals surface area contributed by atoms with Crippen LogP contribution in [0.3, 0.4) is 0 Å². The van der Waals surface area contributed by atoms with Gasteiger partial charge < -0.3 is 53.7 Å². The number of carbonyl (C=O) groups is 6. The van der Waals surface area contributed by atoms with Crippen molar-refractivity contribution in [1.82, 2.24) is 4.90 Å². The lowest BCUT2D eigenvalue weighted by molar-refractivity contribution is -0.265. The second kappa shape index (κ2) is 28.3. The molecule has 0 aromatic rings. The van der Waals surface area contributed by atoms with Crippen molar-refractivity contribution in [3.05, 3.63) is 47.6 Å². The summed E-state index contributed by atoms with van der Waals surface area (Å²) >= 11 is 0. The van der Waals surface area contributed by atoms with Crippen LogP contribution < -0.4 is 0 Å². The Morgan fingerprint density at radius 2 is 1.56 bits per heavy atom. The molecule has 73 heavy (non-hydrogen) atoms. The molecule has 17 heteroatoms. The number of aliphatic hydroxyl groups is 4. The lowest BCUT2D eigenvalue weighted by Crippen LogP contribution is -2.61. The zero-order valence-corrected chi connectivity index (χ0v) is 45.3. The SMILES string of the molecule is CO[C@H]1C[C@@H]2CC[C@@H](C)[C@@](O)(O2)C(=O)C(=O)N2CCCC[C@H]2C(=O)O[C@H]([C@H](C)C[C@@H]2CC[C@H](OC(=O)C(C)(CO)CO)[C@H](OC)C2)CC(=O)[C@H](C)/C=C(\C)[C@@H](O)[C@@H](OC)C(=O)[C@H](C)C[C@H](C)\C=C/C=C/C=C/1C. The predicted octanol–water partition coefficient (Wildman–Crippen LogP) is 5.72. The van der Waals surface area contributed by atoms with Crippen LogP contribution in [0.5, 0.6) is 0 Å². The van der Waals surface area contributed by atoms with Crippen molar-refractivity contribution in [3.63, 3.8) is 0 Å². The summed E-state index contributed by atoms with van der Waals surface area (Å²) in [7, 11) is 4.43. The van der Waals surface area contributed by atoms with Gasteiger partial charge in [-0.25, -0.2) is 4.79 Å². The maximum Gasteiger partial charge on any atom is 0.329 e. The van der Waals surface area contributed by atoms with Crippen molar-refractivity contribution >= 4 is 35.2 Å². The number of aliphatic hydroxyl groups excluding tert-OH is 3. The van der Waals surface area contributed by atoms with Gasteiger partial charge in [0.15, 0.2) is 5.78 Å². The zero-order chi connectivity index (χ0) is 54.4. The van der Waals surface area contributed by atoms with Gasteiger partial charge >= 0.3 is 11.9 Å². The molecule has 15 atom stereocenters. The molecule has 0 spiro atoms. The van der Waals surface area contributed by atoms with Crippen molar-refractivity contribution < 1.29 is 77.6 Å². The number of fused-ring (bicyclic) bond motifs is 3. The van der Waals surface area contributed by atoms with Gasteiger partial charge in [0.2, 0.25) is 5.79 Å². The molecule has 17 nitrogen and oxygen atoms in total. The molecule has 3 aliphatic heterocycles. The molecular weight excluding hydrogens is 943 g/mol. The molecule has 412 valence electrons. The van der Waals surface area contributed by atoms with Crippen molar-refractivity contribution in [3.8, 4) is 0 Å². The summed E-state index contributed by atoms with van der Waals surface area (Å²) < 4.78 is 35.4. The molecule has 2 saturated heterocycles. The molecule has 1 aliphatic carbocycles. The lowest BCUT2D eigenvalue weighted by atomic mass is 9.78. The minimum atomic E-state index is -2.47. The Morgan fingerprint density at radius 1 is 0.863 bits per heavy atom. The molecule has 2 bridgehead atoms. The smallest absolute Gasteiger partial charge is 0.329 e. The standard InChI is InChI=1S/C56H87NO16/c1-33-17-13-12-14-18-34(2)45(68-9)29-41-22-20-39(7)56(67,73-41)51(63)52(64)57-24-16-15-19-42(57)53(65)71-46(30-43(60)35(3)26-38(6)49(62)50(70-11)48(61)37(5)25-33)36(4)27-40-21-23-44(47(28-40)69-10)72-54(66)55(8,31-58)32-59/h12-14,17-18,26,33,35-37,39-42,44-47,49-50,58-59,62,67H,15-16,19-25,27-32H2,1-11H3/b14-12+,17-13-,34-18+,38-26+/t33-,35-,36-,37-,39-,40+,41+,42+,44+,45+,46+,47-,49-,50+,56-/m1/s1. The van der Waals surface area contributed by atoms with Gasteiger partial charge in [-0.3, -0.25) is 24.0 Å². The van der Waals surface area contributed by atoms with Gasteiger partial charge in [-0.15, -0.1) is 0 Å². The van der Waals surface area contributed by atoms with E-state index in [1.165, 1.54) is 21.1 Å². The largest absolute Gasteiger partial charge is 0.460 e. The number of nitrogens with zero attached hydrogens (tertiary/aromatic N) is 1. The third kappa shape index (κ3) is 16.0. The third-order valence-corrected chi connectivity index (χ3v) is 15.9. The molecule has 0 aromatic carbocycles. The van der Waals surface area contributed by atoms with Crippen LogP contribution in [0.1, 0.15) is 132 Å². The van der Waals surface area contributed by atoms with E-state index in [1.54, 1.807) is 40.9 Å². The van der Waals surface area contributed by atoms with Crippen LogP contribution in [0.15, 0.2) is 47.6 Å². The average molecular weight is 1030 g/mol. The first-order valence-corrected chi connectivity index (χ1v) is 26.4. The van der Waals surface area contributed by atoms with E-state index < -0.39 is 120 Å². The molecule has 4 N–H and O–H groups in total. The molecular formula is C56H87NO16. The molecule has 0 aromatic heterocycles. The maximum atomic E-state index is 14.5. The second-order valence-electron chi connectivity index (χ2n) is 21.8. The summed E-state index contributed by atoms with van der Waals surface area (Å²) in [5.74, 6) is -9.36. The fraction of sp³-hybridized carbons (Fsp3) is 0.750. The van der Waals surface area contributed by atoms with Gasteiger partial charge in [0.05, 0.1) is 31.5 Å². The summed E-state index contributed by atoms with van der Waals surface area (Å²) in [5, 5.41) is 43.1. The minimum Gasteiger partial charge on any atom is -0.460 e. The summed E-state index contributed by atoms with van der Waals surface area (Å²) in [6.45, 7) is 12.7. The van der Waals surface area contributed by atoms with Crippen LogP contribution in [0.25, 0.3) is 0 Å². The highest BCUT2D eigenvalue weighted by Gasteiger charge is 2.53. The number of esters is 2. The topological polar surface area (TPSA) is 242 Å². The third-order valence-electron chi connectivity index (χ3n) is 15.9. The first-order valence-electron chi connectivity index (χ1n) is 26.4. The number of cyclic esters (lactones) is 1. The fourth-order valence-corrected chi connectivity index (χ4v) is 10.7. The Kier molecular flexibility index (Phi) is 23.9. The van der Waals surface area contributed by atoms with Gasteiger partial charge in [0.25, 0.3) is 11.7 Å². The second-order valence-corrected chi connectivity index (χ2v) is 21.8. The van der Waals surface area contributed by atoms with E-state index in [0.29, 0.717) is 69.8 Å². The number of Topliss-reactive ketones (excluding diaryl/α,β-unsaturated/α-hetero) is 3. The predicted molar refractivity (Wildman–Crippen MR) is 271 cm³/mol. The number of ether oxygens (including phenoxy) is 6. The van der Waals surface area contributed by atoms with Crippen LogP contribution >= 0.6 is 0 Å². The number of carbonyl (C=O) groups excluding carboxylic acids is 6. The maximum absolute atomic E-state index is 14.5. The summed E-state index contributed by atoms with van der Waals surface area (Å²) in [4.78, 5) is 85.4. The molecule has 3 heterocycles. The number of allylic oxidation sites excluding steroid dienone is 6. The zero-order valence-electron chi connectivity index (χ0n) is 45.3. The van der Waals surface area contributed by atoms with Crippen LogP contribution in [-0.2, 0) is 57.2 Å². The molecule has 4 aliphatic rings. The van der Waals surface area contributed by atoms with E-state index in [-0.39, 0.29) is 42.8 Å². The van der Waals surface area contributed by atoms with Gasteiger partial charge in [-0.05, 0) is 114 Å². The van der Waals surface area contributed by atoms with Crippen molar-refractivity contribution in [2.24, 2.45) is 40.9 Å². The normalized spacial score (nSPS) is 37.4. The number of rotatable bonds is 10. The molecule has 1 amide bonds. The number of piperidine rings is 1. The lowest BCUT2D eigenvalue weighted by Gasteiger charge is -2.42. The molecule has 0 unspecified atom stereocenters. The number of methoxy groups -OCH3 is 3. The highest BCUT2D eigenvalue weighted by molar-refractivity contribution is 6.39. The fourth-order valence-electron chi connectivity index (χ4n) is 10.7. The van der Waals surface area contributed by atoms with Gasteiger partial charge in [-0.1, -0.05) is 71.1 Å². The van der Waals surface area contributed by atoms with Crippen molar-refractivity contribution in [2.45, 2.75) is 187 Å². The molecule has 4 rings (SSSR count). The Bertz CT molecular complexity index is 2010. The van der Waals surface area contributed by atoms with E-state index in [0.717, 1.165) is 10.5 Å². The Balaban J connectivity index is 1.69. The minimum absolute atomic E-state index is 0.00697. The van der Waals surface area contributed by atoms with Crippen molar-refractivity contribution in [2.75, 3.05) is 41.1 Å². The molecule has 1 saturated carbocycles. The summed E-state index contributed by atoms with van der Waals surface area (Å²) in [6, 6.07) is -1.20. The number of hydrogen-bond acceptors (Lipinski definition) is 16. The van der Waals surface area contributed by atoms with Gasteiger partial charge in [0.1, 0.15) is 41.7 Å². The summed E-state index contributed by atoms with van der Waals surface area (Å²) in [5.41, 5.74) is -0.277.